The van der Waals surface area contributed by atoms with Crippen molar-refractivity contribution in [2.75, 3.05) is 0 Å². The molecule has 6 aromatic rings. The Morgan fingerprint density at radius 2 is 1.68 bits per heavy atom. The predicted octanol–water partition coefficient (Wildman–Crippen LogP) is 3.42. The second kappa shape index (κ2) is 7.52. The number of hydrogen-bond acceptors (Lipinski definition) is 0. The number of H-pyrrole nitrogens is 1. The third-order valence-corrected chi connectivity index (χ3v) is 6.05. The van der Waals surface area contributed by atoms with Crippen LogP contribution < -0.4 is 16.8 Å². The third-order valence-electron chi connectivity index (χ3n) is 5.55. The van der Waals surface area contributed by atoms with Crippen LogP contribution in [0.1, 0.15) is 0 Å². The molecule has 31 heavy (non-hydrogen) atoms. The molecule has 0 amide bonds. The number of imidazole rings is 1. The van der Waals surface area contributed by atoms with Gasteiger partial charge < -0.3 is 17.4 Å². The molecule has 0 fully saturated rings. The Hall–Kier alpha value is -3.15. The van der Waals surface area contributed by atoms with Gasteiger partial charge in [-0.2, -0.15) is 8.97 Å². The summed E-state index contributed by atoms with van der Waals surface area (Å²) in [5, 5.41) is 2.36. The molecular formula is C25H16BrClFN3. The molecule has 0 saturated heterocycles. The number of hydrogen-bond donors (Lipinski definition) is 1. The van der Waals surface area contributed by atoms with E-state index in [2.05, 4.69) is 78.8 Å². The first-order valence-corrected chi connectivity index (χ1v) is 10.5. The van der Waals surface area contributed by atoms with Crippen molar-refractivity contribution in [3.05, 3.63) is 102 Å². The van der Waals surface area contributed by atoms with Crippen LogP contribution in [-0.4, -0.2) is 9.55 Å². The van der Waals surface area contributed by atoms with Gasteiger partial charge in [-0.25, -0.2) is 4.39 Å². The summed E-state index contributed by atoms with van der Waals surface area (Å²) in [6, 6.07) is 25.3. The first kappa shape index (κ1) is 19.8. The third kappa shape index (κ3) is 3.12. The number of nitrogens with zero attached hydrogens (tertiary/aromatic N) is 2. The average Bonchev–Trinajstić information content (AvgIpc) is 3.33. The highest BCUT2D eigenvalue weighted by Crippen LogP contribution is 2.34. The van der Waals surface area contributed by atoms with E-state index in [0.29, 0.717) is 0 Å². The van der Waals surface area contributed by atoms with Crippen molar-refractivity contribution in [1.82, 2.24) is 9.55 Å². The maximum Gasteiger partial charge on any atom is 0.254 e. The van der Waals surface area contributed by atoms with Gasteiger partial charge in [0.25, 0.3) is 6.33 Å². The summed E-state index contributed by atoms with van der Waals surface area (Å²) >= 11 is 3.58. The number of halogens is 3. The molecule has 0 bridgehead atoms. The molecule has 1 N–H and O–H groups in total. The quantitative estimate of drug-likeness (QED) is 0.358. The molecule has 0 aliphatic rings. The summed E-state index contributed by atoms with van der Waals surface area (Å²) in [4.78, 5) is 3.60. The van der Waals surface area contributed by atoms with Gasteiger partial charge in [0.15, 0.2) is 5.69 Å². The number of aromatic nitrogens is 3. The molecule has 0 aliphatic carbocycles. The molecule has 3 heterocycles. The highest BCUT2D eigenvalue weighted by molar-refractivity contribution is 9.10. The minimum Gasteiger partial charge on any atom is -1.00 e. The van der Waals surface area contributed by atoms with E-state index in [1.807, 2.05) is 30.3 Å². The molecule has 0 atom stereocenters. The monoisotopic (exact) mass is 491 g/mol. The van der Waals surface area contributed by atoms with Gasteiger partial charge in [-0.15, -0.1) is 0 Å². The molecular weight excluding hydrogens is 477 g/mol. The van der Waals surface area contributed by atoms with Crippen molar-refractivity contribution in [2.24, 2.45) is 0 Å². The van der Waals surface area contributed by atoms with E-state index in [1.165, 1.54) is 22.9 Å². The van der Waals surface area contributed by atoms with Gasteiger partial charge in [0.2, 0.25) is 5.52 Å². The van der Waals surface area contributed by atoms with Crippen LogP contribution in [0.4, 0.5) is 4.39 Å². The van der Waals surface area contributed by atoms with Gasteiger partial charge >= 0.3 is 0 Å². The molecule has 0 aliphatic heterocycles. The van der Waals surface area contributed by atoms with Gasteiger partial charge in [-0.05, 0) is 54.6 Å². The first-order chi connectivity index (χ1) is 14.7. The second-order valence-electron chi connectivity index (χ2n) is 7.35. The molecule has 0 spiro atoms. The maximum atomic E-state index is 13.7. The van der Waals surface area contributed by atoms with Crippen molar-refractivity contribution < 1.29 is 21.2 Å². The number of aromatic amines is 1. The fourth-order valence-corrected chi connectivity index (χ4v) is 4.61. The van der Waals surface area contributed by atoms with Crippen LogP contribution in [0.2, 0.25) is 0 Å². The lowest BCUT2D eigenvalue weighted by Crippen LogP contribution is -3.00. The standard InChI is InChI=1S/C25H16BrFN3.ClH/c26-17-4-3-5-19(14-17)30-15-29-13-12-21-20-6-1-2-7-22(20)28-23(21)25(29)24(30)16-8-10-18(27)11-9-16;/h1-15,28H;1H/q+1;/p-1. The van der Waals surface area contributed by atoms with Gasteiger partial charge in [-0.3, -0.25) is 0 Å². The van der Waals surface area contributed by atoms with E-state index in [4.69, 9.17) is 0 Å². The Bertz CT molecular complexity index is 1570. The number of rotatable bonds is 2. The van der Waals surface area contributed by atoms with Crippen LogP contribution in [-0.2, 0) is 0 Å². The van der Waals surface area contributed by atoms with Gasteiger partial charge in [0.05, 0.1) is 11.7 Å². The van der Waals surface area contributed by atoms with Crippen molar-refractivity contribution in [2.45, 2.75) is 0 Å². The molecule has 6 heteroatoms. The molecule has 152 valence electrons. The Labute approximate surface area is 192 Å². The fourth-order valence-electron chi connectivity index (χ4n) is 4.22. The number of para-hydroxylation sites is 1. The molecule has 3 aromatic heterocycles. The number of nitrogens with one attached hydrogen (secondary N) is 1. The minimum absolute atomic E-state index is 0. The summed E-state index contributed by atoms with van der Waals surface area (Å²) < 4.78 is 19.0. The van der Waals surface area contributed by atoms with Crippen molar-refractivity contribution in [3.8, 4) is 16.9 Å². The molecule has 0 radical (unpaired) electrons. The minimum atomic E-state index is -0.243. The molecule has 3 nitrogen and oxygen atoms in total. The van der Waals surface area contributed by atoms with Crippen LogP contribution in [0.3, 0.4) is 0 Å². The number of benzene rings is 3. The van der Waals surface area contributed by atoms with E-state index in [1.54, 1.807) is 0 Å². The predicted molar refractivity (Wildman–Crippen MR) is 121 cm³/mol. The Balaban J connectivity index is 0.00000204. The van der Waals surface area contributed by atoms with Crippen molar-refractivity contribution in [1.29, 1.82) is 0 Å². The largest absolute Gasteiger partial charge is 1.00 e. The van der Waals surface area contributed by atoms with E-state index < -0.39 is 0 Å². The maximum absolute atomic E-state index is 13.7. The van der Waals surface area contributed by atoms with Gasteiger partial charge in [0.1, 0.15) is 11.5 Å². The summed E-state index contributed by atoms with van der Waals surface area (Å²) in [7, 11) is 0. The van der Waals surface area contributed by atoms with Crippen LogP contribution in [0.25, 0.3) is 44.3 Å². The highest BCUT2D eigenvalue weighted by Gasteiger charge is 2.25. The lowest BCUT2D eigenvalue weighted by atomic mass is 10.1. The fraction of sp³-hybridized carbons (Fsp3) is 0. The highest BCUT2D eigenvalue weighted by atomic mass is 79.9. The topological polar surface area (TPSA) is 24.8 Å². The number of fused-ring (bicyclic) bond motifs is 5. The van der Waals surface area contributed by atoms with Crippen LogP contribution in [0, 0.1) is 5.82 Å². The zero-order chi connectivity index (χ0) is 20.2. The SMILES string of the molecule is Fc1ccc(-c2c3c4[nH]c5ccccc5c4cc[n+]3cn2-c2cccc(Br)c2)cc1.[Cl-]. The molecule has 0 unspecified atom stereocenters. The summed E-state index contributed by atoms with van der Waals surface area (Å²) in [5.74, 6) is -0.243. The summed E-state index contributed by atoms with van der Waals surface area (Å²) in [6.45, 7) is 0. The average molecular weight is 493 g/mol. The van der Waals surface area contributed by atoms with Crippen LogP contribution in [0.5, 0.6) is 0 Å². The number of pyridine rings is 1. The molecule has 6 rings (SSSR count). The smallest absolute Gasteiger partial charge is 0.254 e. The lowest BCUT2D eigenvalue weighted by molar-refractivity contribution is -0.510. The summed E-state index contributed by atoms with van der Waals surface area (Å²) in [6.07, 6.45) is 4.15. The Kier molecular flexibility index (Phi) is 4.80. The van der Waals surface area contributed by atoms with E-state index in [-0.39, 0.29) is 18.2 Å². The summed E-state index contributed by atoms with van der Waals surface area (Å²) in [5.41, 5.74) is 6.19. The first-order valence-electron chi connectivity index (χ1n) is 9.67. The van der Waals surface area contributed by atoms with Crippen molar-refractivity contribution >= 4 is 43.3 Å². The molecule has 0 saturated carbocycles. The molecule has 3 aromatic carbocycles. The van der Waals surface area contributed by atoms with E-state index in [0.717, 1.165) is 38.0 Å². The van der Waals surface area contributed by atoms with E-state index >= 15 is 0 Å². The zero-order valence-corrected chi connectivity index (χ0v) is 18.5. The van der Waals surface area contributed by atoms with Crippen molar-refractivity contribution in [3.63, 3.8) is 0 Å². The van der Waals surface area contributed by atoms with Gasteiger partial charge in [-0.1, -0.05) is 40.2 Å². The Morgan fingerprint density at radius 1 is 0.871 bits per heavy atom. The van der Waals surface area contributed by atoms with Crippen LogP contribution >= 0.6 is 15.9 Å². The normalized spacial score (nSPS) is 11.3. The second-order valence-corrected chi connectivity index (χ2v) is 8.27. The lowest BCUT2D eigenvalue weighted by Gasteiger charge is -2.03. The Morgan fingerprint density at radius 3 is 2.48 bits per heavy atom. The van der Waals surface area contributed by atoms with Gasteiger partial charge in [0, 0.05) is 26.3 Å². The van der Waals surface area contributed by atoms with Crippen LogP contribution in [0.15, 0.2) is 95.9 Å². The van der Waals surface area contributed by atoms with E-state index in [9.17, 15) is 4.39 Å². The zero-order valence-electron chi connectivity index (χ0n) is 16.2.